The number of alkyl halides is 2. The normalized spacial score (nSPS) is 17.2. The van der Waals surface area contributed by atoms with Crippen LogP contribution in [0.4, 0.5) is 40.7 Å². The Balaban J connectivity index is 1.34. The predicted octanol–water partition coefficient (Wildman–Crippen LogP) is 6.37. The molecular weight excluding hydrogens is 652 g/mol. The van der Waals surface area contributed by atoms with Crippen molar-refractivity contribution in [2.24, 2.45) is 0 Å². The zero-order chi connectivity index (χ0) is 34.5. The largest absolute Gasteiger partial charge is 0.375 e. The molecular formula is C33H38F4N6O4S. The second kappa shape index (κ2) is 14.9. The van der Waals surface area contributed by atoms with Crippen LogP contribution >= 0.6 is 0 Å². The van der Waals surface area contributed by atoms with Gasteiger partial charge in [0.15, 0.2) is 0 Å². The Bertz CT molecular complexity index is 1740. The molecule has 0 saturated carbocycles. The Kier molecular flexibility index (Phi) is 10.9. The molecule has 48 heavy (non-hydrogen) atoms. The molecule has 2 aliphatic rings. The van der Waals surface area contributed by atoms with E-state index in [-0.39, 0.29) is 93.7 Å². The number of nitrogens with zero attached hydrogens (tertiary/aromatic N) is 4. The average Bonchev–Trinajstić information content (AvgIpc) is 3.04. The first-order valence-corrected chi connectivity index (χ1v) is 17.2. The van der Waals surface area contributed by atoms with Gasteiger partial charge in [-0.2, -0.15) is 13.8 Å². The molecule has 10 nitrogen and oxygen atoms in total. The number of halogens is 4. The lowest BCUT2D eigenvalue weighted by atomic mass is 10.0. The van der Waals surface area contributed by atoms with Gasteiger partial charge < -0.3 is 19.9 Å². The first-order valence-electron chi connectivity index (χ1n) is 15.6. The Labute approximate surface area is 277 Å². The molecule has 3 aromatic rings. The molecule has 0 unspecified atom stereocenters. The van der Waals surface area contributed by atoms with Crippen LogP contribution in [-0.2, 0) is 21.4 Å². The van der Waals surface area contributed by atoms with Gasteiger partial charge in [-0.15, -0.1) is 0 Å². The molecule has 15 heteroatoms. The third kappa shape index (κ3) is 9.01. The topological polar surface area (TPSA) is 117 Å². The number of rotatable bonds is 11. The van der Waals surface area contributed by atoms with E-state index < -0.39 is 33.2 Å². The fraction of sp³-hybridized carbons (Fsp3) is 0.424. The van der Waals surface area contributed by atoms with E-state index in [1.54, 1.807) is 22.8 Å². The van der Waals surface area contributed by atoms with Crippen molar-refractivity contribution in [2.45, 2.75) is 57.3 Å². The summed E-state index contributed by atoms with van der Waals surface area (Å²) in [5.74, 6) is -2.95. The lowest BCUT2D eigenvalue weighted by Gasteiger charge is -2.32. The Morgan fingerprint density at radius 2 is 1.67 bits per heavy atom. The summed E-state index contributed by atoms with van der Waals surface area (Å²) >= 11 is 0. The summed E-state index contributed by atoms with van der Waals surface area (Å²) in [5.41, 5.74) is 2.17. The fourth-order valence-electron chi connectivity index (χ4n) is 5.50. The van der Waals surface area contributed by atoms with Gasteiger partial charge in [-0.25, -0.2) is 22.2 Å². The van der Waals surface area contributed by atoms with Gasteiger partial charge in [0.05, 0.1) is 30.2 Å². The van der Waals surface area contributed by atoms with Crippen molar-refractivity contribution in [3.05, 3.63) is 83.1 Å². The highest BCUT2D eigenvalue weighted by atomic mass is 32.2. The van der Waals surface area contributed by atoms with Crippen molar-refractivity contribution in [3.8, 4) is 0 Å². The van der Waals surface area contributed by atoms with Crippen LogP contribution in [-0.4, -0.2) is 68.3 Å². The molecule has 1 atom stereocenters. The molecule has 2 N–H and O–H groups in total. The van der Waals surface area contributed by atoms with Crippen LogP contribution in [0.2, 0.25) is 0 Å². The maximum absolute atomic E-state index is 13.7. The molecule has 1 amide bonds. The molecule has 258 valence electrons. The van der Waals surface area contributed by atoms with Gasteiger partial charge in [0.2, 0.25) is 16.0 Å². The summed E-state index contributed by atoms with van der Waals surface area (Å²) < 4.78 is 88.7. The SMILES string of the molecule is Cc1cc(NC(=O)c2ccc(NS(=O)(=O)[C@@H](C)COCc3ccccc3)cc2N2CCC(=C(F)F)CC2)nc(N2CCC(F)(F)CC2)n1. The van der Waals surface area contributed by atoms with Crippen LogP contribution in [0.15, 0.2) is 66.3 Å². The molecule has 2 aromatic carbocycles. The maximum Gasteiger partial charge on any atom is 0.269 e. The zero-order valence-electron chi connectivity index (χ0n) is 26.7. The van der Waals surface area contributed by atoms with Crippen LogP contribution < -0.4 is 19.8 Å². The van der Waals surface area contributed by atoms with Crippen LogP contribution in [0, 0.1) is 6.92 Å². The van der Waals surface area contributed by atoms with Crippen LogP contribution in [0.1, 0.15) is 54.2 Å². The Morgan fingerprint density at radius 3 is 2.33 bits per heavy atom. The number of hydrogen-bond acceptors (Lipinski definition) is 8. The van der Waals surface area contributed by atoms with Crippen LogP contribution in [0.25, 0.3) is 0 Å². The predicted molar refractivity (Wildman–Crippen MR) is 176 cm³/mol. The standard InChI is InChI=1S/C33H38F4N6O4S/c1-22-18-29(40-32(38-22)43-16-12-33(36,37)13-17-43)39-31(44)27-9-8-26(19-28(27)42-14-10-25(11-15-42)30(34)35)41-48(45,46)23(2)20-47-21-24-6-4-3-5-7-24/h3-9,18-19,23,41H,10-17,20-21H2,1-2H3,(H,38,39,40,44)/t23-/m0/s1. The first kappa shape index (κ1) is 35.1. The Morgan fingerprint density at radius 1 is 0.979 bits per heavy atom. The van der Waals surface area contributed by atoms with Gasteiger partial charge in [0.25, 0.3) is 17.9 Å². The number of amides is 1. The fourth-order valence-corrected chi connectivity index (χ4v) is 6.43. The molecule has 0 radical (unpaired) electrons. The minimum Gasteiger partial charge on any atom is -0.375 e. The number of nitrogens with one attached hydrogen (secondary N) is 2. The summed E-state index contributed by atoms with van der Waals surface area (Å²) in [5, 5.41) is 1.84. The summed E-state index contributed by atoms with van der Waals surface area (Å²) in [7, 11) is -3.91. The number of carbonyl (C=O) groups excluding carboxylic acids is 1. The van der Waals surface area contributed by atoms with E-state index in [1.807, 2.05) is 30.3 Å². The number of ether oxygens (including phenoxy) is 1. The monoisotopic (exact) mass is 690 g/mol. The highest BCUT2D eigenvalue weighted by molar-refractivity contribution is 7.93. The number of carbonyl (C=O) groups is 1. The van der Waals surface area contributed by atoms with E-state index in [0.717, 1.165) is 5.56 Å². The van der Waals surface area contributed by atoms with Crippen molar-refractivity contribution in [1.82, 2.24) is 9.97 Å². The van der Waals surface area contributed by atoms with Crippen molar-refractivity contribution in [3.63, 3.8) is 0 Å². The molecule has 3 heterocycles. The van der Waals surface area contributed by atoms with Gasteiger partial charge in [-0.3, -0.25) is 9.52 Å². The minimum atomic E-state index is -3.91. The zero-order valence-corrected chi connectivity index (χ0v) is 27.5. The second-order valence-corrected chi connectivity index (χ2v) is 14.1. The summed E-state index contributed by atoms with van der Waals surface area (Å²) in [6.07, 6.45) is -2.21. The molecule has 2 fully saturated rings. The highest BCUT2D eigenvalue weighted by Crippen LogP contribution is 2.33. The van der Waals surface area contributed by atoms with Gasteiger partial charge in [-0.1, -0.05) is 30.3 Å². The van der Waals surface area contributed by atoms with Gasteiger partial charge in [-0.05, 0) is 56.0 Å². The molecule has 0 aliphatic carbocycles. The van der Waals surface area contributed by atoms with Crippen molar-refractivity contribution < 1.29 is 35.5 Å². The summed E-state index contributed by atoms with van der Waals surface area (Å²) in [6, 6.07) is 15.3. The number of hydrogen-bond donors (Lipinski definition) is 2. The third-order valence-corrected chi connectivity index (χ3v) is 10.0. The third-order valence-electron chi connectivity index (χ3n) is 8.33. The number of piperidine rings is 2. The number of anilines is 4. The van der Waals surface area contributed by atoms with Crippen LogP contribution in [0.5, 0.6) is 0 Å². The summed E-state index contributed by atoms with van der Waals surface area (Å²) in [6.45, 7) is 3.90. The van der Waals surface area contributed by atoms with Gasteiger partial charge in [0, 0.05) is 50.8 Å². The number of aromatic nitrogens is 2. The lowest BCUT2D eigenvalue weighted by Crippen LogP contribution is -2.40. The Hall–Kier alpha value is -4.24. The maximum atomic E-state index is 13.7. The summed E-state index contributed by atoms with van der Waals surface area (Å²) in [4.78, 5) is 25.8. The van der Waals surface area contributed by atoms with Crippen molar-refractivity contribution >= 4 is 39.1 Å². The van der Waals surface area contributed by atoms with E-state index in [4.69, 9.17) is 4.74 Å². The molecule has 1 aromatic heterocycles. The number of aryl methyl sites for hydroxylation is 1. The van der Waals surface area contributed by atoms with E-state index in [2.05, 4.69) is 20.0 Å². The van der Waals surface area contributed by atoms with Gasteiger partial charge >= 0.3 is 0 Å². The van der Waals surface area contributed by atoms with Crippen molar-refractivity contribution in [2.75, 3.05) is 52.6 Å². The van der Waals surface area contributed by atoms with Crippen LogP contribution in [0.3, 0.4) is 0 Å². The lowest BCUT2D eigenvalue weighted by molar-refractivity contribution is -0.0222. The number of benzene rings is 2. The second-order valence-electron chi connectivity index (χ2n) is 12.0. The van der Waals surface area contributed by atoms with E-state index in [9.17, 15) is 30.8 Å². The molecule has 0 bridgehead atoms. The molecule has 2 aliphatic heterocycles. The first-order chi connectivity index (χ1) is 22.8. The van der Waals surface area contributed by atoms with Crippen molar-refractivity contribution in [1.29, 1.82) is 0 Å². The quantitative estimate of drug-likeness (QED) is 0.223. The highest BCUT2D eigenvalue weighted by Gasteiger charge is 2.35. The number of sulfonamides is 1. The minimum absolute atomic E-state index is 0.0397. The molecule has 2 saturated heterocycles. The average molecular weight is 691 g/mol. The smallest absolute Gasteiger partial charge is 0.269 e. The van der Waals surface area contributed by atoms with E-state index in [0.29, 0.717) is 11.4 Å². The molecule has 0 spiro atoms. The van der Waals surface area contributed by atoms with Gasteiger partial charge in [0.1, 0.15) is 11.1 Å². The van der Waals surface area contributed by atoms with E-state index >= 15 is 0 Å². The van der Waals surface area contributed by atoms with E-state index in [1.165, 1.54) is 25.1 Å². The molecule has 5 rings (SSSR count).